The first-order valence-corrected chi connectivity index (χ1v) is 7.51. The fourth-order valence-corrected chi connectivity index (χ4v) is 1.88. The van der Waals surface area contributed by atoms with Crippen molar-refractivity contribution in [1.82, 2.24) is 5.32 Å². The molecule has 0 aromatic rings. The molecule has 0 heterocycles. The molecular weight excluding hydrogens is 300 g/mol. The lowest BCUT2D eigenvalue weighted by Gasteiger charge is -2.07. The van der Waals surface area contributed by atoms with Gasteiger partial charge in [-0.05, 0) is 32.1 Å². The van der Waals surface area contributed by atoms with Crippen molar-refractivity contribution in [1.29, 1.82) is 0 Å². The molecule has 0 aliphatic heterocycles. The number of rotatable bonds is 11. The van der Waals surface area contributed by atoms with Crippen LogP contribution in [0.15, 0.2) is 0 Å². The molecule has 18 heavy (non-hydrogen) atoms. The maximum absolute atomic E-state index is 11.4. The Hall–Kier alpha value is -0.620. The average Bonchev–Trinajstić information content (AvgIpc) is 2.33. The molecule has 1 amide bonds. The van der Waals surface area contributed by atoms with E-state index in [1.165, 1.54) is 0 Å². The van der Waals surface area contributed by atoms with Crippen LogP contribution in [-0.2, 0) is 9.59 Å². The van der Waals surface area contributed by atoms with Crippen LogP contribution < -0.4 is 11.1 Å². The second kappa shape index (κ2) is 11.5. The molecule has 0 radical (unpaired) electrons. The van der Waals surface area contributed by atoms with Gasteiger partial charge < -0.3 is 16.2 Å². The Morgan fingerprint density at radius 1 is 1.17 bits per heavy atom. The van der Waals surface area contributed by atoms with Crippen LogP contribution in [0.5, 0.6) is 0 Å². The highest BCUT2D eigenvalue weighted by Gasteiger charge is 2.10. The number of hydrogen-bond acceptors (Lipinski definition) is 3. The molecule has 0 fully saturated rings. The molecule has 0 saturated heterocycles. The molecule has 0 rings (SSSR count). The third-order valence-corrected chi connectivity index (χ3v) is 3.18. The highest BCUT2D eigenvalue weighted by molar-refractivity contribution is 9.09. The van der Waals surface area contributed by atoms with Gasteiger partial charge in [-0.25, -0.2) is 0 Å². The minimum atomic E-state index is -0.967. The SMILES string of the molecule is NC(CCCCNC(=O)CCCCCBr)C(=O)O. The van der Waals surface area contributed by atoms with Gasteiger partial charge in [-0.1, -0.05) is 22.4 Å². The maximum Gasteiger partial charge on any atom is 0.320 e. The minimum Gasteiger partial charge on any atom is -0.480 e. The second-order valence-corrected chi connectivity index (χ2v) is 5.08. The van der Waals surface area contributed by atoms with Crippen LogP contribution in [-0.4, -0.2) is 34.9 Å². The van der Waals surface area contributed by atoms with E-state index in [0.29, 0.717) is 19.4 Å². The first-order chi connectivity index (χ1) is 8.57. The Balaban J connectivity index is 3.32. The van der Waals surface area contributed by atoms with E-state index in [0.717, 1.165) is 37.4 Å². The van der Waals surface area contributed by atoms with Crippen LogP contribution in [0.4, 0.5) is 0 Å². The van der Waals surface area contributed by atoms with E-state index in [4.69, 9.17) is 10.8 Å². The lowest BCUT2D eigenvalue weighted by atomic mass is 10.1. The van der Waals surface area contributed by atoms with Gasteiger partial charge in [0.05, 0.1) is 0 Å². The van der Waals surface area contributed by atoms with Crippen molar-refractivity contribution in [3.8, 4) is 0 Å². The third kappa shape index (κ3) is 10.5. The first-order valence-electron chi connectivity index (χ1n) is 6.39. The molecule has 5 nitrogen and oxygen atoms in total. The highest BCUT2D eigenvalue weighted by Crippen LogP contribution is 2.02. The van der Waals surface area contributed by atoms with Crippen molar-refractivity contribution < 1.29 is 14.7 Å². The zero-order valence-corrected chi connectivity index (χ0v) is 12.2. The summed E-state index contributed by atoms with van der Waals surface area (Å²) in [6.45, 7) is 0.601. The van der Waals surface area contributed by atoms with Gasteiger partial charge in [0.2, 0.25) is 5.91 Å². The van der Waals surface area contributed by atoms with Gasteiger partial charge in [-0.15, -0.1) is 0 Å². The number of carbonyl (C=O) groups is 2. The Labute approximate surface area is 117 Å². The number of carboxylic acids is 1. The molecule has 6 heteroatoms. The van der Waals surface area contributed by atoms with E-state index in [1.807, 2.05) is 0 Å². The van der Waals surface area contributed by atoms with Crippen LogP contribution in [0, 0.1) is 0 Å². The minimum absolute atomic E-state index is 0.0760. The number of carbonyl (C=O) groups excluding carboxylic acids is 1. The number of halogens is 1. The van der Waals surface area contributed by atoms with Gasteiger partial charge in [0.25, 0.3) is 0 Å². The van der Waals surface area contributed by atoms with Gasteiger partial charge in [-0.3, -0.25) is 9.59 Å². The quantitative estimate of drug-likeness (QED) is 0.398. The average molecular weight is 323 g/mol. The first kappa shape index (κ1) is 17.4. The van der Waals surface area contributed by atoms with Crippen molar-refractivity contribution in [3.63, 3.8) is 0 Å². The molecule has 0 saturated carbocycles. The van der Waals surface area contributed by atoms with E-state index in [1.54, 1.807) is 0 Å². The van der Waals surface area contributed by atoms with E-state index in [2.05, 4.69) is 21.2 Å². The van der Waals surface area contributed by atoms with Crippen molar-refractivity contribution in [2.45, 2.75) is 51.0 Å². The lowest BCUT2D eigenvalue weighted by molar-refractivity contribution is -0.138. The van der Waals surface area contributed by atoms with E-state index >= 15 is 0 Å². The van der Waals surface area contributed by atoms with Crippen LogP contribution in [0.25, 0.3) is 0 Å². The van der Waals surface area contributed by atoms with Crippen molar-refractivity contribution in [2.75, 3.05) is 11.9 Å². The summed E-state index contributed by atoms with van der Waals surface area (Å²) in [5.74, 6) is -0.891. The van der Waals surface area contributed by atoms with Gasteiger partial charge >= 0.3 is 5.97 Å². The smallest absolute Gasteiger partial charge is 0.320 e. The number of hydrogen-bond donors (Lipinski definition) is 3. The maximum atomic E-state index is 11.4. The van der Waals surface area contributed by atoms with Crippen molar-refractivity contribution in [3.05, 3.63) is 0 Å². The second-order valence-electron chi connectivity index (χ2n) is 4.29. The number of nitrogens with one attached hydrogen (secondary N) is 1. The molecule has 1 unspecified atom stereocenters. The number of alkyl halides is 1. The number of unbranched alkanes of at least 4 members (excludes halogenated alkanes) is 3. The fourth-order valence-electron chi connectivity index (χ4n) is 1.49. The highest BCUT2D eigenvalue weighted by atomic mass is 79.9. The number of amides is 1. The van der Waals surface area contributed by atoms with Crippen LogP contribution in [0.2, 0.25) is 0 Å². The predicted octanol–water partition coefficient (Wildman–Crippen LogP) is 1.64. The largest absolute Gasteiger partial charge is 0.480 e. The molecule has 0 aromatic carbocycles. The normalized spacial score (nSPS) is 12.1. The van der Waals surface area contributed by atoms with Crippen molar-refractivity contribution >= 4 is 27.8 Å². The molecule has 0 bridgehead atoms. The molecule has 106 valence electrons. The van der Waals surface area contributed by atoms with Crippen LogP contribution in [0.1, 0.15) is 44.9 Å². The summed E-state index contributed by atoms with van der Waals surface area (Å²) in [6, 6.07) is -0.787. The zero-order valence-electron chi connectivity index (χ0n) is 10.7. The number of nitrogens with two attached hydrogens (primary N) is 1. The number of carboxylic acid groups (broad SMARTS) is 1. The molecule has 0 spiro atoms. The van der Waals surface area contributed by atoms with E-state index < -0.39 is 12.0 Å². The van der Waals surface area contributed by atoms with Crippen LogP contribution in [0.3, 0.4) is 0 Å². The third-order valence-electron chi connectivity index (χ3n) is 2.62. The molecule has 4 N–H and O–H groups in total. The Morgan fingerprint density at radius 3 is 2.50 bits per heavy atom. The van der Waals surface area contributed by atoms with Gasteiger partial charge in [-0.2, -0.15) is 0 Å². The Morgan fingerprint density at radius 2 is 1.89 bits per heavy atom. The summed E-state index contributed by atoms with van der Waals surface area (Å²) in [4.78, 5) is 21.8. The summed E-state index contributed by atoms with van der Waals surface area (Å²) in [6.07, 6.45) is 5.59. The fraction of sp³-hybridized carbons (Fsp3) is 0.833. The zero-order chi connectivity index (χ0) is 13.8. The number of aliphatic carboxylic acids is 1. The predicted molar refractivity (Wildman–Crippen MR) is 74.7 cm³/mol. The summed E-state index contributed by atoms with van der Waals surface area (Å²) in [5, 5.41) is 12.4. The lowest BCUT2D eigenvalue weighted by Crippen LogP contribution is -2.30. The summed E-state index contributed by atoms with van der Waals surface area (Å²) in [7, 11) is 0. The summed E-state index contributed by atoms with van der Waals surface area (Å²) >= 11 is 3.34. The Bertz CT molecular complexity index is 249. The van der Waals surface area contributed by atoms with E-state index in [-0.39, 0.29) is 5.91 Å². The van der Waals surface area contributed by atoms with Gasteiger partial charge in [0.15, 0.2) is 0 Å². The Kier molecular flexibility index (Phi) is 11.1. The summed E-state index contributed by atoms with van der Waals surface area (Å²) in [5.41, 5.74) is 5.36. The molecule has 0 aliphatic rings. The molecule has 0 aliphatic carbocycles. The van der Waals surface area contributed by atoms with E-state index in [9.17, 15) is 9.59 Å². The summed E-state index contributed by atoms with van der Waals surface area (Å²) < 4.78 is 0. The standard InChI is InChI=1S/C12H23BrN2O3/c13-8-4-1-2-7-11(16)15-9-5-3-6-10(14)12(17)18/h10H,1-9,14H2,(H,15,16)(H,17,18). The molecular formula is C12H23BrN2O3. The van der Waals surface area contributed by atoms with Gasteiger partial charge in [0, 0.05) is 18.3 Å². The van der Waals surface area contributed by atoms with Crippen molar-refractivity contribution in [2.24, 2.45) is 5.73 Å². The topological polar surface area (TPSA) is 92.4 Å². The monoisotopic (exact) mass is 322 g/mol. The molecule has 1 atom stereocenters. The van der Waals surface area contributed by atoms with Gasteiger partial charge in [0.1, 0.15) is 6.04 Å². The van der Waals surface area contributed by atoms with Crippen LogP contribution >= 0.6 is 15.9 Å². The molecule has 0 aromatic heterocycles.